The van der Waals surface area contributed by atoms with Gasteiger partial charge in [-0.15, -0.1) is 5.06 Å². The zero-order chi connectivity index (χ0) is 65.1. The van der Waals surface area contributed by atoms with E-state index >= 15 is 0 Å². The molecule has 25 nitrogen and oxygen atoms in total. The van der Waals surface area contributed by atoms with Crippen LogP contribution in [0.15, 0.2) is 0 Å². The average molecular weight is 1460 g/mol. The molecular formula is C49H91BrFNNaO24S8-. The predicted molar refractivity (Wildman–Crippen MR) is 331 cm³/mol. The third kappa shape index (κ3) is 94.1. The fourth-order valence-corrected chi connectivity index (χ4v) is 11.7. The number of thiol groups is 1. The Kier molecular flexibility index (Phi) is 75.1. The molecule has 3 N–H and O–H groups in total. The van der Waals surface area contributed by atoms with Gasteiger partial charge in [-0.05, 0) is 96.6 Å². The zero-order valence-corrected chi connectivity index (χ0v) is 59.8. The quantitative estimate of drug-likeness (QED) is 0.0145. The van der Waals surface area contributed by atoms with Gasteiger partial charge >= 0.3 is 53.4 Å². The van der Waals surface area contributed by atoms with Crippen molar-refractivity contribution in [2.75, 3.05) is 108 Å². The molecular weight excluding hydrogens is 1360 g/mol. The van der Waals surface area contributed by atoms with Gasteiger partial charge in [0.15, 0.2) is 26.6 Å². The van der Waals surface area contributed by atoms with Crippen molar-refractivity contribution in [1.29, 1.82) is 0 Å². The largest absolute Gasteiger partial charge is 1.00 e. The van der Waals surface area contributed by atoms with Gasteiger partial charge in [-0.3, -0.25) is 38.0 Å². The van der Waals surface area contributed by atoms with E-state index in [2.05, 4.69) is 15.9 Å². The average Bonchev–Trinajstić information content (AvgIpc) is 4.02. The summed E-state index contributed by atoms with van der Waals surface area (Å²) >= 11 is 3.27. The monoisotopic (exact) mass is 1460 g/mol. The number of hydrogen-bond acceptors (Lipinski definition) is 26. The Bertz CT molecular complexity index is 2190. The van der Waals surface area contributed by atoms with Crippen LogP contribution < -0.4 is 29.6 Å². The minimum atomic E-state index is -2.98. The molecule has 85 heavy (non-hydrogen) atoms. The minimum absolute atomic E-state index is 0. The summed E-state index contributed by atoms with van der Waals surface area (Å²) in [6.07, 6.45) is 18.3. The molecule has 2 amide bonds. The van der Waals surface area contributed by atoms with Gasteiger partial charge in [0.05, 0.1) is 61.0 Å². The van der Waals surface area contributed by atoms with Crippen molar-refractivity contribution in [3.63, 3.8) is 0 Å². The predicted octanol–water partition coefficient (Wildman–Crippen LogP) is 4.31. The van der Waals surface area contributed by atoms with Crippen LogP contribution in [-0.4, -0.2) is 201 Å². The Morgan fingerprint density at radius 3 is 1.11 bits per heavy atom. The Morgan fingerprint density at radius 2 is 0.800 bits per heavy atom. The van der Waals surface area contributed by atoms with Crippen LogP contribution in [0.1, 0.15) is 155 Å². The Labute approximate surface area is 554 Å². The number of carbonyl (C=O) groups is 8. The van der Waals surface area contributed by atoms with Crippen LogP contribution in [0, 0.1) is 0 Å². The van der Waals surface area contributed by atoms with Gasteiger partial charge in [-0.1, -0.05) is 58.6 Å². The number of ether oxygens (including phenoxy) is 4. The number of Topliss-reactive ketones (excluding diaryl/α,β-unsaturated/α-hetero) is 2. The van der Waals surface area contributed by atoms with Crippen molar-refractivity contribution >= 4 is 146 Å². The first-order valence-electron chi connectivity index (χ1n) is 27.1. The SMILES string of the molecule is CS(=O)(=O)SCCCCCC(=O)CCCOCCOCCC(=O)O.CS(=O)(=O)SCCCCCC(=O)CCCOCCOCCC(=O)ON1C(=O)CCC1=O.CS(=O)(=O)SCCCCCC(=O)O.C[S-](=O)=O.O=C(O)CCCCCBr.[2H]CF.[Na+].[SH-]. The van der Waals surface area contributed by atoms with E-state index in [-0.39, 0.29) is 107 Å². The maximum absolute atomic E-state index is 11.8. The molecule has 0 aromatic rings. The summed E-state index contributed by atoms with van der Waals surface area (Å²) in [5, 5.41) is 26.4. The molecule has 0 aromatic heterocycles. The Morgan fingerprint density at radius 1 is 0.518 bits per heavy atom. The van der Waals surface area contributed by atoms with Crippen molar-refractivity contribution in [2.45, 2.75) is 154 Å². The van der Waals surface area contributed by atoms with Gasteiger partial charge < -0.3 is 61.0 Å². The maximum Gasteiger partial charge on any atom is 1.00 e. The van der Waals surface area contributed by atoms with Crippen LogP contribution in [0.25, 0.3) is 0 Å². The van der Waals surface area contributed by atoms with E-state index < -0.39 is 80.2 Å². The molecule has 1 aliphatic heterocycles. The molecule has 1 saturated heterocycles. The van der Waals surface area contributed by atoms with Crippen molar-refractivity contribution in [1.82, 2.24) is 5.06 Å². The van der Waals surface area contributed by atoms with E-state index in [1.807, 2.05) is 0 Å². The second-order valence-corrected chi connectivity index (χ2v) is 32.7. The topological polar surface area (TPSA) is 383 Å². The summed E-state index contributed by atoms with van der Waals surface area (Å²) < 4.78 is 120. The fourth-order valence-electron chi connectivity index (χ4n) is 5.69. The molecule has 0 spiro atoms. The molecule has 1 rings (SSSR count). The molecule has 1 fully saturated rings. The zero-order valence-electron chi connectivity index (χ0n) is 50.6. The van der Waals surface area contributed by atoms with Gasteiger partial charge in [0.25, 0.3) is 11.8 Å². The minimum Gasteiger partial charge on any atom is -0.813 e. The first-order valence-corrected chi connectivity index (χ1v) is 39.1. The first-order chi connectivity index (χ1) is 39.3. The Hall–Kier alpha value is -1.19. The van der Waals surface area contributed by atoms with Gasteiger partial charge in [-0.25, -0.2) is 30.0 Å². The molecule has 0 saturated carbocycles. The van der Waals surface area contributed by atoms with E-state index in [0.717, 1.165) is 115 Å². The number of halogens is 2. The summed E-state index contributed by atoms with van der Waals surface area (Å²) in [5.41, 5.74) is 0. The molecule has 1 heterocycles. The van der Waals surface area contributed by atoms with Gasteiger partial charge in [0.2, 0.25) is 0 Å². The number of imide groups is 1. The van der Waals surface area contributed by atoms with Crippen LogP contribution in [0.5, 0.6) is 0 Å². The van der Waals surface area contributed by atoms with E-state index in [1.54, 1.807) is 0 Å². The van der Waals surface area contributed by atoms with E-state index in [0.29, 0.717) is 107 Å². The van der Waals surface area contributed by atoms with Crippen molar-refractivity contribution < 1.29 is 146 Å². The van der Waals surface area contributed by atoms with Crippen molar-refractivity contribution in [3.8, 4) is 0 Å². The van der Waals surface area contributed by atoms with Crippen LogP contribution in [0.4, 0.5) is 4.39 Å². The number of amides is 2. The summed E-state index contributed by atoms with van der Waals surface area (Å²) in [4.78, 5) is 92.6. The third-order valence-electron chi connectivity index (χ3n) is 9.49. The number of carboxylic acids is 3. The molecule has 0 atom stereocenters. The number of carbonyl (C=O) groups excluding carboxylic acids is 5. The number of hydroxylamine groups is 2. The number of hydrogen-bond donors (Lipinski definition) is 3. The molecule has 500 valence electrons. The molecule has 0 aliphatic carbocycles. The summed E-state index contributed by atoms with van der Waals surface area (Å²) in [7, 11) is -8.92. The number of carboxylic acid groups (broad SMARTS) is 3. The van der Waals surface area contributed by atoms with E-state index in [4.69, 9.17) is 48.9 Å². The molecule has 0 radical (unpaired) electrons. The van der Waals surface area contributed by atoms with Crippen molar-refractivity contribution in [3.05, 3.63) is 0 Å². The van der Waals surface area contributed by atoms with E-state index in [1.165, 1.54) is 18.8 Å². The smallest absolute Gasteiger partial charge is 0.813 e. The number of unbranched alkanes of at least 4 members (excludes halogenated alkanes) is 8. The summed E-state index contributed by atoms with van der Waals surface area (Å²) in [6.45, 7) is 2.52. The number of rotatable bonds is 47. The second-order valence-electron chi connectivity index (χ2n) is 17.4. The number of ketones is 2. The molecule has 0 unspecified atom stereocenters. The number of nitrogens with zero attached hydrogens (tertiary/aromatic N) is 1. The van der Waals surface area contributed by atoms with Crippen LogP contribution in [0.3, 0.4) is 0 Å². The molecule has 36 heteroatoms. The van der Waals surface area contributed by atoms with Gasteiger partial charge in [0, 0.05) is 106 Å². The van der Waals surface area contributed by atoms with E-state index in [9.17, 15) is 68.0 Å². The molecule has 0 bridgehead atoms. The first kappa shape index (κ1) is 94.9. The summed E-state index contributed by atoms with van der Waals surface area (Å²) in [5.74, 6) is -2.06. The standard InChI is InChI=1S/C19H31NO9S2.C15H28O7S2.C7H14O4S2.C6H11BrO2.CH3F.CH3O2S.Na.H2S/c1-31(25,26)30-15-4-2-3-6-16(21)7-5-11-27-13-14-28-12-10-19(24)29-20-17(22)8-9-18(20)23;1-24(19,20)23-13-4-2-3-6-14(16)7-5-9-21-11-12-22-10-8-15(17)18;1-13(10,11)12-6-4-2-3-5-7(8)9;7-5-3-1-2-4-6(8)9;1-2;1-4(2)3;;/h2-15H2,1H3;2-13H2,1H3,(H,17,18);2-6H2,1H3,(H,8,9);1-5H2,(H,8,9);1H3;1H3;;1H2/q;;;;;-1;+1;/p-1/i;;;;1D;;;. The number of alkyl halides is 2. The van der Waals surface area contributed by atoms with Gasteiger partial charge in [0.1, 0.15) is 11.6 Å². The molecule has 1 aliphatic rings. The molecule has 0 aromatic carbocycles. The van der Waals surface area contributed by atoms with Crippen molar-refractivity contribution in [2.24, 2.45) is 0 Å². The third-order valence-corrected chi connectivity index (χ3v) is 18.1. The number of aliphatic carboxylic acids is 3. The fraction of sp³-hybridized carbons (Fsp3) is 0.837. The maximum atomic E-state index is 11.8. The van der Waals surface area contributed by atoms with Gasteiger partial charge in [-0.2, -0.15) is 0 Å². The summed E-state index contributed by atoms with van der Waals surface area (Å²) in [6, 6.07) is 0. The normalized spacial score (nSPS) is 11.8. The van der Waals surface area contributed by atoms with Crippen LogP contribution in [-0.2, 0) is 121 Å². The van der Waals surface area contributed by atoms with Crippen LogP contribution in [0.2, 0.25) is 0 Å². The second kappa shape index (κ2) is 67.2. The Balaban J connectivity index is -0.000000200. The van der Waals surface area contributed by atoms with Crippen LogP contribution >= 0.6 is 48.3 Å².